The fourth-order valence-electron chi connectivity index (χ4n) is 3.74. The summed E-state index contributed by atoms with van der Waals surface area (Å²) in [6.07, 6.45) is 2.31. The molecular formula is C18H31N3O3. The SMILES string of the molecule is CCCN(Cc1cc(=O)n(C)c(=O)n1C)[C@@H]1C[C@H](OCC)C1(C)C. The van der Waals surface area contributed by atoms with Gasteiger partial charge in [0.25, 0.3) is 5.56 Å². The molecule has 6 nitrogen and oxygen atoms in total. The van der Waals surface area contributed by atoms with Gasteiger partial charge in [0.15, 0.2) is 0 Å². The average molecular weight is 337 g/mol. The number of nitrogens with zero attached hydrogens (tertiary/aromatic N) is 3. The van der Waals surface area contributed by atoms with Crippen molar-refractivity contribution in [2.24, 2.45) is 19.5 Å². The van der Waals surface area contributed by atoms with Crippen LogP contribution in [0, 0.1) is 5.41 Å². The predicted molar refractivity (Wildman–Crippen MR) is 95.2 cm³/mol. The van der Waals surface area contributed by atoms with Crippen molar-refractivity contribution in [1.82, 2.24) is 14.0 Å². The van der Waals surface area contributed by atoms with Gasteiger partial charge in [-0.1, -0.05) is 20.8 Å². The van der Waals surface area contributed by atoms with E-state index in [1.807, 2.05) is 6.92 Å². The van der Waals surface area contributed by atoms with Crippen molar-refractivity contribution >= 4 is 0 Å². The van der Waals surface area contributed by atoms with Crippen LogP contribution in [0.5, 0.6) is 0 Å². The van der Waals surface area contributed by atoms with Gasteiger partial charge in [0, 0.05) is 50.5 Å². The number of ether oxygens (including phenoxy) is 1. The second kappa shape index (κ2) is 7.23. The van der Waals surface area contributed by atoms with Crippen LogP contribution in [-0.4, -0.2) is 39.3 Å². The molecule has 24 heavy (non-hydrogen) atoms. The van der Waals surface area contributed by atoms with Crippen LogP contribution >= 0.6 is 0 Å². The minimum Gasteiger partial charge on any atom is -0.378 e. The Balaban J connectivity index is 2.25. The van der Waals surface area contributed by atoms with E-state index in [0.717, 1.165) is 36.3 Å². The standard InChI is InChI=1S/C18H31N3O3/c1-7-9-21(14-11-15(24-8-2)18(14,3)4)12-13-10-16(22)20(6)17(23)19(13)5/h10,14-15H,7-9,11-12H2,1-6H3/t14-,15+/m1/s1. The third-order valence-corrected chi connectivity index (χ3v) is 5.44. The van der Waals surface area contributed by atoms with Crippen LogP contribution in [0.25, 0.3) is 0 Å². The third-order valence-electron chi connectivity index (χ3n) is 5.44. The van der Waals surface area contributed by atoms with Crippen LogP contribution in [0.2, 0.25) is 0 Å². The lowest BCUT2D eigenvalue weighted by Crippen LogP contribution is -2.62. The van der Waals surface area contributed by atoms with Crippen molar-refractivity contribution in [3.05, 3.63) is 32.6 Å². The molecule has 0 saturated heterocycles. The molecule has 6 heteroatoms. The Morgan fingerprint density at radius 2 is 1.92 bits per heavy atom. The van der Waals surface area contributed by atoms with E-state index in [-0.39, 0.29) is 22.8 Å². The first-order valence-corrected chi connectivity index (χ1v) is 8.85. The van der Waals surface area contributed by atoms with E-state index in [2.05, 4.69) is 25.7 Å². The molecule has 0 aromatic carbocycles. The molecule has 1 aliphatic carbocycles. The lowest BCUT2D eigenvalue weighted by atomic mass is 9.63. The summed E-state index contributed by atoms with van der Waals surface area (Å²) in [5.74, 6) is 0. The van der Waals surface area contributed by atoms with Gasteiger partial charge in [0.1, 0.15) is 0 Å². The van der Waals surface area contributed by atoms with E-state index in [1.165, 1.54) is 7.05 Å². The summed E-state index contributed by atoms with van der Waals surface area (Å²) in [5, 5.41) is 0. The minimum absolute atomic E-state index is 0.0732. The number of aromatic nitrogens is 2. The van der Waals surface area contributed by atoms with Crippen molar-refractivity contribution in [2.45, 2.75) is 59.2 Å². The van der Waals surface area contributed by atoms with Gasteiger partial charge in [-0.2, -0.15) is 0 Å². The van der Waals surface area contributed by atoms with E-state index in [9.17, 15) is 9.59 Å². The highest BCUT2D eigenvalue weighted by atomic mass is 16.5. The first-order valence-electron chi connectivity index (χ1n) is 8.85. The van der Waals surface area contributed by atoms with Crippen molar-refractivity contribution < 1.29 is 4.74 Å². The normalized spacial score (nSPS) is 22.6. The maximum Gasteiger partial charge on any atom is 0.330 e. The molecule has 1 saturated carbocycles. The number of rotatable bonds is 7. The quantitative estimate of drug-likeness (QED) is 0.757. The first kappa shape index (κ1) is 18.9. The van der Waals surface area contributed by atoms with Gasteiger partial charge >= 0.3 is 5.69 Å². The molecule has 2 atom stereocenters. The van der Waals surface area contributed by atoms with Crippen molar-refractivity contribution in [3.8, 4) is 0 Å². The van der Waals surface area contributed by atoms with E-state index in [1.54, 1.807) is 17.7 Å². The molecule has 0 unspecified atom stereocenters. The van der Waals surface area contributed by atoms with Crippen LogP contribution in [0.15, 0.2) is 15.7 Å². The third kappa shape index (κ3) is 3.35. The van der Waals surface area contributed by atoms with Gasteiger partial charge < -0.3 is 4.74 Å². The molecule has 0 aliphatic heterocycles. The molecule has 1 aliphatic rings. The maximum atomic E-state index is 12.2. The Morgan fingerprint density at radius 1 is 1.25 bits per heavy atom. The second-order valence-electron chi connectivity index (χ2n) is 7.36. The summed E-state index contributed by atoms with van der Waals surface area (Å²) in [6.45, 7) is 11.0. The fourth-order valence-corrected chi connectivity index (χ4v) is 3.74. The smallest absolute Gasteiger partial charge is 0.330 e. The van der Waals surface area contributed by atoms with Crippen LogP contribution in [0.1, 0.15) is 46.2 Å². The van der Waals surface area contributed by atoms with E-state index in [4.69, 9.17) is 4.74 Å². The van der Waals surface area contributed by atoms with Gasteiger partial charge in [-0.3, -0.25) is 18.8 Å². The summed E-state index contributed by atoms with van der Waals surface area (Å²) in [7, 11) is 3.25. The van der Waals surface area contributed by atoms with E-state index < -0.39 is 0 Å². The molecule has 0 N–H and O–H groups in total. The van der Waals surface area contributed by atoms with Crippen LogP contribution in [-0.2, 0) is 25.4 Å². The monoisotopic (exact) mass is 337 g/mol. The van der Waals surface area contributed by atoms with Crippen LogP contribution in [0.4, 0.5) is 0 Å². The van der Waals surface area contributed by atoms with Crippen LogP contribution < -0.4 is 11.2 Å². The molecule has 2 rings (SSSR count). The summed E-state index contributed by atoms with van der Waals surface area (Å²) in [6, 6.07) is 1.98. The second-order valence-corrected chi connectivity index (χ2v) is 7.36. The molecule has 0 amide bonds. The molecule has 0 bridgehead atoms. The Bertz CT molecular complexity index is 690. The molecule has 136 valence electrons. The topological polar surface area (TPSA) is 56.5 Å². The highest BCUT2D eigenvalue weighted by Crippen LogP contribution is 2.46. The lowest BCUT2D eigenvalue weighted by molar-refractivity contribution is -0.152. The molecule has 1 heterocycles. The van der Waals surface area contributed by atoms with Crippen molar-refractivity contribution in [2.75, 3.05) is 13.2 Å². The Morgan fingerprint density at radius 3 is 2.46 bits per heavy atom. The molecule has 1 fully saturated rings. The minimum atomic E-state index is -0.269. The van der Waals surface area contributed by atoms with Gasteiger partial charge in [-0.25, -0.2) is 4.79 Å². The highest BCUT2D eigenvalue weighted by molar-refractivity contribution is 5.07. The summed E-state index contributed by atoms with van der Waals surface area (Å²) < 4.78 is 8.57. The Labute approximate surface area is 144 Å². The Hall–Kier alpha value is -1.40. The van der Waals surface area contributed by atoms with Crippen molar-refractivity contribution in [1.29, 1.82) is 0 Å². The van der Waals surface area contributed by atoms with Gasteiger partial charge in [-0.05, 0) is 26.3 Å². The van der Waals surface area contributed by atoms with Gasteiger partial charge in [0.2, 0.25) is 0 Å². The molecule has 1 aromatic rings. The van der Waals surface area contributed by atoms with Gasteiger partial charge in [-0.15, -0.1) is 0 Å². The van der Waals surface area contributed by atoms with Crippen molar-refractivity contribution in [3.63, 3.8) is 0 Å². The first-order chi connectivity index (χ1) is 11.2. The highest BCUT2D eigenvalue weighted by Gasteiger charge is 2.51. The maximum absolute atomic E-state index is 12.2. The number of hydrogen-bond acceptors (Lipinski definition) is 4. The zero-order chi connectivity index (χ0) is 18.1. The largest absolute Gasteiger partial charge is 0.378 e. The van der Waals surface area contributed by atoms with E-state index >= 15 is 0 Å². The molecular weight excluding hydrogens is 306 g/mol. The summed E-state index contributed by atoms with van der Waals surface area (Å²) in [4.78, 5) is 26.5. The molecule has 1 aromatic heterocycles. The lowest BCUT2D eigenvalue weighted by Gasteiger charge is -2.56. The molecule has 0 radical (unpaired) electrons. The fraction of sp³-hybridized carbons (Fsp3) is 0.778. The van der Waals surface area contributed by atoms with E-state index in [0.29, 0.717) is 12.6 Å². The molecule has 0 spiro atoms. The van der Waals surface area contributed by atoms with Gasteiger partial charge in [0.05, 0.1) is 6.10 Å². The average Bonchev–Trinajstić information content (AvgIpc) is 2.53. The zero-order valence-corrected chi connectivity index (χ0v) is 15.8. The number of hydrogen-bond donors (Lipinski definition) is 0. The van der Waals surface area contributed by atoms with Crippen LogP contribution in [0.3, 0.4) is 0 Å². The zero-order valence-electron chi connectivity index (χ0n) is 15.8. The summed E-state index contributed by atoms with van der Waals surface area (Å²) >= 11 is 0. The Kier molecular flexibility index (Phi) is 5.71. The predicted octanol–water partition coefficient (Wildman–Crippen LogP) is 1.50. The summed E-state index contributed by atoms with van der Waals surface area (Å²) in [5.41, 5.74) is 0.329.